The van der Waals surface area contributed by atoms with Gasteiger partial charge in [-0.15, -0.1) is 0 Å². The molecule has 1 amide bonds. The molecule has 0 aliphatic heterocycles. The van der Waals surface area contributed by atoms with Gasteiger partial charge in [0.2, 0.25) is 5.91 Å². The molecule has 0 aliphatic rings. The minimum absolute atomic E-state index is 0.150. The van der Waals surface area contributed by atoms with Gasteiger partial charge in [-0.05, 0) is 44.9 Å². The maximum Gasteiger partial charge on any atom is 0.339 e. The van der Waals surface area contributed by atoms with E-state index in [0.717, 1.165) is 10.9 Å². The van der Waals surface area contributed by atoms with E-state index in [1.807, 2.05) is 19.1 Å². The molecule has 0 saturated heterocycles. The van der Waals surface area contributed by atoms with Crippen molar-refractivity contribution in [1.29, 1.82) is 0 Å². The quantitative estimate of drug-likeness (QED) is 0.705. The summed E-state index contributed by atoms with van der Waals surface area (Å²) >= 11 is 0. The predicted octanol–water partition coefficient (Wildman–Crippen LogP) is 3.29. The number of carbonyl (C=O) groups is 1. The van der Waals surface area contributed by atoms with Gasteiger partial charge in [-0.25, -0.2) is 4.79 Å². The lowest BCUT2D eigenvalue weighted by atomic mass is 10.0. The van der Waals surface area contributed by atoms with Crippen molar-refractivity contribution in [3.05, 3.63) is 51.2 Å². The van der Waals surface area contributed by atoms with E-state index in [0.29, 0.717) is 34.0 Å². The predicted molar refractivity (Wildman–Crippen MR) is 96.7 cm³/mol. The van der Waals surface area contributed by atoms with Gasteiger partial charge in [-0.3, -0.25) is 4.79 Å². The van der Waals surface area contributed by atoms with E-state index in [4.69, 9.17) is 13.7 Å². The van der Waals surface area contributed by atoms with Crippen LogP contribution in [0, 0.1) is 20.8 Å². The summed E-state index contributed by atoms with van der Waals surface area (Å²) in [5.74, 6) is 0.950. The van der Waals surface area contributed by atoms with Gasteiger partial charge in [-0.2, -0.15) is 0 Å². The summed E-state index contributed by atoms with van der Waals surface area (Å²) in [4.78, 5) is 24.6. The number of hydrogen-bond donors (Lipinski definition) is 1. The Balaban J connectivity index is 1.80. The molecule has 0 bridgehead atoms. The number of aryl methyl sites for hydroxylation is 3. The minimum atomic E-state index is -0.437. The fraction of sp³-hybridized carbons (Fsp3) is 0.316. The number of methoxy groups -OCH3 is 1. The smallest absolute Gasteiger partial charge is 0.339 e. The van der Waals surface area contributed by atoms with Crippen LogP contribution in [0.2, 0.25) is 0 Å². The van der Waals surface area contributed by atoms with Crippen LogP contribution in [0.15, 0.2) is 31.9 Å². The Morgan fingerprint density at radius 2 is 2.04 bits per heavy atom. The molecule has 7 nitrogen and oxygen atoms in total. The molecule has 0 fully saturated rings. The number of fused-ring (bicyclic) bond motifs is 1. The van der Waals surface area contributed by atoms with Crippen LogP contribution in [0.4, 0.5) is 5.69 Å². The summed E-state index contributed by atoms with van der Waals surface area (Å²) in [5, 5.41) is 7.40. The highest BCUT2D eigenvalue weighted by molar-refractivity contribution is 5.92. The number of anilines is 1. The molecule has 3 aromatic rings. The number of carbonyl (C=O) groups excluding carboxylic acids is 1. The van der Waals surface area contributed by atoms with Gasteiger partial charge in [0.25, 0.3) is 0 Å². The molecule has 7 heteroatoms. The average Bonchev–Trinajstić information content (AvgIpc) is 2.93. The molecule has 0 unspecified atom stereocenters. The number of aromatic nitrogens is 1. The van der Waals surface area contributed by atoms with Crippen LogP contribution >= 0.6 is 0 Å². The third-order valence-electron chi connectivity index (χ3n) is 4.39. The van der Waals surface area contributed by atoms with Crippen molar-refractivity contribution < 1.29 is 18.5 Å². The monoisotopic (exact) mass is 356 g/mol. The first-order valence-electron chi connectivity index (χ1n) is 8.23. The van der Waals surface area contributed by atoms with Crippen molar-refractivity contribution >= 4 is 22.6 Å². The van der Waals surface area contributed by atoms with Gasteiger partial charge >= 0.3 is 5.63 Å². The maximum absolute atomic E-state index is 12.3. The van der Waals surface area contributed by atoms with Crippen molar-refractivity contribution in [2.45, 2.75) is 33.6 Å². The zero-order valence-electron chi connectivity index (χ0n) is 15.1. The molecule has 0 spiro atoms. The second-order valence-corrected chi connectivity index (χ2v) is 6.10. The van der Waals surface area contributed by atoms with Crippen LogP contribution in [0.5, 0.6) is 5.75 Å². The van der Waals surface area contributed by atoms with Crippen LogP contribution in [-0.2, 0) is 11.2 Å². The van der Waals surface area contributed by atoms with Crippen molar-refractivity contribution in [1.82, 2.24) is 5.16 Å². The van der Waals surface area contributed by atoms with E-state index in [1.54, 1.807) is 27.0 Å². The zero-order valence-corrected chi connectivity index (χ0v) is 15.1. The lowest BCUT2D eigenvalue weighted by Crippen LogP contribution is -2.17. The van der Waals surface area contributed by atoms with Gasteiger partial charge in [0, 0.05) is 23.4 Å². The Labute approximate surface area is 149 Å². The number of hydrogen-bond acceptors (Lipinski definition) is 6. The Morgan fingerprint density at radius 1 is 1.27 bits per heavy atom. The number of nitrogens with one attached hydrogen (secondary N) is 1. The van der Waals surface area contributed by atoms with Gasteiger partial charge < -0.3 is 19.0 Å². The Morgan fingerprint density at radius 3 is 2.69 bits per heavy atom. The van der Waals surface area contributed by atoms with Gasteiger partial charge in [0.15, 0.2) is 5.76 Å². The van der Waals surface area contributed by atoms with Crippen LogP contribution in [0.25, 0.3) is 11.0 Å². The van der Waals surface area contributed by atoms with E-state index in [1.165, 1.54) is 0 Å². The number of benzene rings is 1. The first-order chi connectivity index (χ1) is 12.4. The molecule has 1 N–H and O–H groups in total. The van der Waals surface area contributed by atoms with Crippen molar-refractivity contribution in [3.8, 4) is 5.75 Å². The van der Waals surface area contributed by atoms with Gasteiger partial charge in [-0.1, -0.05) is 5.16 Å². The van der Waals surface area contributed by atoms with E-state index >= 15 is 0 Å². The summed E-state index contributed by atoms with van der Waals surface area (Å²) in [5.41, 5.74) is 2.53. The zero-order chi connectivity index (χ0) is 18.8. The van der Waals surface area contributed by atoms with E-state index in [9.17, 15) is 9.59 Å². The summed E-state index contributed by atoms with van der Waals surface area (Å²) < 4.78 is 15.6. The molecule has 0 radical (unpaired) electrons. The molecule has 3 rings (SSSR count). The van der Waals surface area contributed by atoms with E-state index < -0.39 is 5.63 Å². The number of amides is 1. The third kappa shape index (κ3) is 3.33. The maximum atomic E-state index is 12.3. The standard InChI is InChI=1S/C19H20N2O5/c1-10-14-6-5-13(24-4)9-16(14)25-19(23)15(10)7-8-17(22)20-18-11(2)21-26-12(18)3/h5-6,9H,7-8H2,1-4H3,(H,20,22). The molecular weight excluding hydrogens is 336 g/mol. The summed E-state index contributed by atoms with van der Waals surface area (Å²) in [6.07, 6.45) is 0.433. The van der Waals surface area contributed by atoms with E-state index in [2.05, 4.69) is 10.5 Å². The van der Waals surface area contributed by atoms with Gasteiger partial charge in [0.1, 0.15) is 22.7 Å². The Bertz CT molecular complexity index is 1010. The minimum Gasteiger partial charge on any atom is -0.497 e. The van der Waals surface area contributed by atoms with Gasteiger partial charge in [0.05, 0.1) is 7.11 Å². The molecular formula is C19H20N2O5. The van der Waals surface area contributed by atoms with E-state index in [-0.39, 0.29) is 18.7 Å². The molecule has 26 heavy (non-hydrogen) atoms. The fourth-order valence-corrected chi connectivity index (χ4v) is 2.89. The molecule has 2 aromatic heterocycles. The van der Waals surface area contributed by atoms with Crippen LogP contribution in [0.3, 0.4) is 0 Å². The first kappa shape index (κ1) is 17.7. The SMILES string of the molecule is COc1ccc2c(C)c(CCC(=O)Nc3c(C)noc3C)c(=O)oc2c1. The summed E-state index contributed by atoms with van der Waals surface area (Å²) in [6, 6.07) is 5.33. The highest BCUT2D eigenvalue weighted by Crippen LogP contribution is 2.25. The van der Waals surface area contributed by atoms with Crippen LogP contribution < -0.4 is 15.7 Å². The molecule has 0 aliphatic carbocycles. The highest BCUT2D eigenvalue weighted by Gasteiger charge is 2.16. The highest BCUT2D eigenvalue weighted by atomic mass is 16.5. The number of ether oxygens (including phenoxy) is 1. The van der Waals surface area contributed by atoms with Crippen molar-refractivity contribution in [2.75, 3.05) is 12.4 Å². The number of nitrogens with zero attached hydrogens (tertiary/aromatic N) is 1. The lowest BCUT2D eigenvalue weighted by molar-refractivity contribution is -0.116. The second kappa shape index (κ2) is 7.03. The Kier molecular flexibility index (Phi) is 4.79. The molecule has 2 heterocycles. The first-order valence-corrected chi connectivity index (χ1v) is 8.23. The molecule has 136 valence electrons. The summed E-state index contributed by atoms with van der Waals surface area (Å²) in [7, 11) is 1.55. The topological polar surface area (TPSA) is 94.6 Å². The largest absolute Gasteiger partial charge is 0.497 e. The van der Waals surface area contributed by atoms with Crippen LogP contribution in [0.1, 0.15) is 29.0 Å². The molecule has 0 saturated carbocycles. The average molecular weight is 356 g/mol. The number of rotatable bonds is 5. The van der Waals surface area contributed by atoms with Crippen LogP contribution in [-0.4, -0.2) is 18.2 Å². The van der Waals surface area contributed by atoms with Crippen molar-refractivity contribution in [2.24, 2.45) is 0 Å². The molecule has 0 atom stereocenters. The Hall–Kier alpha value is -3.09. The normalized spacial score (nSPS) is 10.9. The van der Waals surface area contributed by atoms with Crippen molar-refractivity contribution in [3.63, 3.8) is 0 Å². The second-order valence-electron chi connectivity index (χ2n) is 6.10. The molecule has 1 aromatic carbocycles. The fourth-order valence-electron chi connectivity index (χ4n) is 2.89. The summed E-state index contributed by atoms with van der Waals surface area (Å²) in [6.45, 7) is 5.34. The third-order valence-corrected chi connectivity index (χ3v) is 4.39. The lowest BCUT2D eigenvalue weighted by Gasteiger charge is -2.09.